The van der Waals surface area contributed by atoms with Crippen molar-refractivity contribution in [2.45, 2.75) is 20.4 Å². The Morgan fingerprint density at radius 1 is 1.05 bits per heavy atom. The maximum absolute atomic E-state index is 15.0. The van der Waals surface area contributed by atoms with Gasteiger partial charge in [-0.1, -0.05) is 0 Å². The summed E-state index contributed by atoms with van der Waals surface area (Å²) in [4.78, 5) is 34.9. The van der Waals surface area contributed by atoms with Crippen LogP contribution in [0.2, 0.25) is 0 Å². The van der Waals surface area contributed by atoms with Gasteiger partial charge in [-0.2, -0.15) is 15.3 Å². The zero-order chi connectivity index (χ0) is 27.1. The first-order valence-electron chi connectivity index (χ1n) is 11.4. The Balaban J connectivity index is 1.71. The Bertz CT molecular complexity index is 1900. The number of nitrogens with zero attached hydrogens (tertiary/aromatic N) is 7. The van der Waals surface area contributed by atoms with Crippen LogP contribution in [0, 0.1) is 36.8 Å². The first kappa shape index (κ1) is 24.5. The Morgan fingerprint density at radius 3 is 2.58 bits per heavy atom. The number of pyridine rings is 1. The van der Waals surface area contributed by atoms with Crippen LogP contribution in [0.4, 0.5) is 20.4 Å². The average molecular weight is 514 g/mol. The fourth-order valence-corrected chi connectivity index (χ4v) is 4.14. The third kappa shape index (κ3) is 4.41. The highest BCUT2D eigenvalue weighted by Crippen LogP contribution is 2.25. The number of rotatable bonds is 5. The van der Waals surface area contributed by atoms with Crippen molar-refractivity contribution < 1.29 is 8.78 Å². The minimum absolute atomic E-state index is 0.0333. The van der Waals surface area contributed by atoms with E-state index in [1.807, 2.05) is 0 Å². The second-order valence-corrected chi connectivity index (χ2v) is 8.83. The van der Waals surface area contributed by atoms with Crippen molar-refractivity contribution in [2.75, 3.05) is 5.32 Å². The molecule has 0 aliphatic rings. The highest BCUT2D eigenvalue weighted by Gasteiger charge is 2.19. The molecule has 38 heavy (non-hydrogen) atoms. The second kappa shape index (κ2) is 9.36. The molecule has 0 amide bonds. The summed E-state index contributed by atoms with van der Waals surface area (Å²) in [5, 5.41) is 16.9. The third-order valence-electron chi connectivity index (χ3n) is 6.02. The summed E-state index contributed by atoms with van der Waals surface area (Å²) in [6.07, 6.45) is 4.61. The number of hydrogen-bond donors (Lipinski definition) is 1. The van der Waals surface area contributed by atoms with Crippen LogP contribution in [-0.4, -0.2) is 28.9 Å². The normalized spacial score (nSPS) is 11.1. The number of nitrogens with one attached hydrogen (secondary N) is 1. The van der Waals surface area contributed by atoms with Gasteiger partial charge >= 0.3 is 11.4 Å². The van der Waals surface area contributed by atoms with Gasteiger partial charge in [0.1, 0.15) is 17.7 Å². The fraction of sp³-hybridized carbons (Fsp3) is 0.154. The van der Waals surface area contributed by atoms with Crippen molar-refractivity contribution in [1.82, 2.24) is 28.9 Å². The molecule has 0 aliphatic heterocycles. The Morgan fingerprint density at radius 2 is 1.84 bits per heavy atom. The molecule has 5 rings (SSSR count). The molecular formula is C26H20F2N8O2. The molecule has 0 unspecified atom stereocenters. The number of fused-ring (bicyclic) bond motifs is 1. The molecule has 0 spiro atoms. The summed E-state index contributed by atoms with van der Waals surface area (Å²) in [5.74, 6) is -1.60. The number of anilines is 2. The molecule has 0 radical (unpaired) electrons. The molecule has 0 aliphatic carbocycles. The van der Waals surface area contributed by atoms with Crippen LogP contribution in [-0.2, 0) is 13.6 Å². The topological polar surface area (TPSA) is 123 Å². The number of hydrogen-bond acceptors (Lipinski definition) is 7. The Labute approximate surface area is 214 Å². The molecule has 0 saturated carbocycles. The summed E-state index contributed by atoms with van der Waals surface area (Å²) in [6, 6.07) is 8.61. The monoisotopic (exact) mass is 514 g/mol. The van der Waals surface area contributed by atoms with E-state index in [1.54, 1.807) is 45.4 Å². The van der Waals surface area contributed by atoms with Crippen molar-refractivity contribution in [2.24, 2.45) is 7.05 Å². The number of benzene rings is 2. The van der Waals surface area contributed by atoms with Crippen LogP contribution in [0.3, 0.4) is 0 Å². The zero-order valence-electron chi connectivity index (χ0n) is 20.5. The van der Waals surface area contributed by atoms with Gasteiger partial charge in [-0.3, -0.25) is 14.2 Å². The SMILES string of the molecule is Cc1cncc(-n2c(=O)nc(Nc3cc4cn(C)nc4cc3F)n(Cc3cc(C#N)c(F)cc3C)c2=O)c1. The molecule has 0 fully saturated rings. The molecule has 3 aromatic heterocycles. The standard InChI is InChI=1S/C26H20F2N8O2/c1-14-4-19(11-30-10-14)36-25(37)32-24(31-23-7-18-12-34(3)33-22(18)8-21(23)28)35(26(36)38)13-17-6-16(9-29)20(27)5-15(17)2/h4-8,10-12H,13H2,1-3H3,(H,31,32,37). The minimum atomic E-state index is -0.905. The summed E-state index contributed by atoms with van der Waals surface area (Å²) in [7, 11) is 1.70. The van der Waals surface area contributed by atoms with E-state index in [-0.39, 0.29) is 29.4 Å². The molecule has 12 heteroatoms. The van der Waals surface area contributed by atoms with Crippen LogP contribution in [0.5, 0.6) is 0 Å². The quantitative estimate of drug-likeness (QED) is 0.382. The lowest BCUT2D eigenvalue weighted by Crippen LogP contribution is -2.42. The lowest BCUT2D eigenvalue weighted by atomic mass is 10.0. The maximum atomic E-state index is 15.0. The summed E-state index contributed by atoms with van der Waals surface area (Å²) < 4.78 is 32.6. The van der Waals surface area contributed by atoms with Crippen molar-refractivity contribution in [3.8, 4) is 11.8 Å². The number of aromatic nitrogens is 6. The molecule has 0 saturated heterocycles. The smallest absolute Gasteiger partial charge is 0.323 e. The lowest BCUT2D eigenvalue weighted by Gasteiger charge is -2.17. The largest absolute Gasteiger partial charge is 0.359 e. The fourth-order valence-electron chi connectivity index (χ4n) is 4.14. The van der Waals surface area contributed by atoms with E-state index in [0.717, 1.165) is 9.13 Å². The van der Waals surface area contributed by atoms with Crippen molar-refractivity contribution >= 4 is 22.5 Å². The summed E-state index contributed by atoms with van der Waals surface area (Å²) in [6.45, 7) is 3.19. The Kier molecular flexibility index (Phi) is 6.04. The summed E-state index contributed by atoms with van der Waals surface area (Å²) >= 11 is 0. The molecule has 10 nitrogen and oxygen atoms in total. The van der Waals surface area contributed by atoms with Gasteiger partial charge in [-0.15, -0.1) is 0 Å². The minimum Gasteiger partial charge on any atom is -0.323 e. The van der Waals surface area contributed by atoms with Gasteiger partial charge in [0.05, 0.1) is 35.2 Å². The lowest BCUT2D eigenvalue weighted by molar-refractivity contribution is 0.616. The van der Waals surface area contributed by atoms with Crippen LogP contribution < -0.4 is 16.7 Å². The van der Waals surface area contributed by atoms with E-state index in [9.17, 15) is 23.6 Å². The molecule has 3 heterocycles. The van der Waals surface area contributed by atoms with E-state index in [0.29, 0.717) is 27.6 Å². The van der Waals surface area contributed by atoms with E-state index in [1.165, 1.54) is 35.1 Å². The number of nitriles is 1. The van der Waals surface area contributed by atoms with Crippen molar-refractivity contribution in [1.29, 1.82) is 5.26 Å². The maximum Gasteiger partial charge on any atom is 0.359 e. The van der Waals surface area contributed by atoms with Gasteiger partial charge in [-0.05, 0) is 54.8 Å². The van der Waals surface area contributed by atoms with Gasteiger partial charge < -0.3 is 5.32 Å². The van der Waals surface area contributed by atoms with Crippen LogP contribution >= 0.6 is 0 Å². The van der Waals surface area contributed by atoms with E-state index >= 15 is 0 Å². The van der Waals surface area contributed by atoms with Crippen LogP contribution in [0.25, 0.3) is 16.6 Å². The second-order valence-electron chi connectivity index (χ2n) is 8.83. The molecule has 2 aromatic carbocycles. The number of aryl methyl sites for hydroxylation is 3. The molecule has 0 bridgehead atoms. The first-order chi connectivity index (χ1) is 18.1. The highest BCUT2D eigenvalue weighted by molar-refractivity contribution is 5.83. The van der Waals surface area contributed by atoms with Crippen molar-refractivity contribution in [3.05, 3.63) is 104 Å². The zero-order valence-corrected chi connectivity index (χ0v) is 20.5. The van der Waals surface area contributed by atoms with Gasteiger partial charge in [0.15, 0.2) is 0 Å². The van der Waals surface area contributed by atoms with E-state index in [4.69, 9.17) is 0 Å². The highest BCUT2D eigenvalue weighted by atomic mass is 19.1. The predicted molar refractivity (Wildman–Crippen MR) is 136 cm³/mol. The van der Waals surface area contributed by atoms with Crippen LogP contribution in [0.15, 0.2) is 58.5 Å². The molecular weight excluding hydrogens is 494 g/mol. The Hall–Kier alpha value is -5.18. The molecule has 1 N–H and O–H groups in total. The summed E-state index contributed by atoms with van der Waals surface area (Å²) in [5.41, 5.74) is 0.311. The molecule has 190 valence electrons. The third-order valence-corrected chi connectivity index (χ3v) is 6.02. The predicted octanol–water partition coefficient (Wildman–Crippen LogP) is 3.23. The molecule has 5 aromatic rings. The molecule has 0 atom stereocenters. The van der Waals surface area contributed by atoms with Gasteiger partial charge in [0.25, 0.3) is 0 Å². The van der Waals surface area contributed by atoms with Gasteiger partial charge in [0.2, 0.25) is 5.95 Å². The van der Waals surface area contributed by atoms with E-state index in [2.05, 4.69) is 20.4 Å². The van der Waals surface area contributed by atoms with Crippen molar-refractivity contribution in [3.63, 3.8) is 0 Å². The van der Waals surface area contributed by atoms with Gasteiger partial charge in [0, 0.05) is 30.9 Å². The van der Waals surface area contributed by atoms with Gasteiger partial charge in [-0.25, -0.2) is 22.9 Å². The first-order valence-corrected chi connectivity index (χ1v) is 11.4. The van der Waals surface area contributed by atoms with Crippen LogP contribution in [0.1, 0.15) is 22.3 Å². The average Bonchev–Trinajstić information content (AvgIpc) is 3.21. The van der Waals surface area contributed by atoms with E-state index < -0.39 is 23.0 Å². The number of halogens is 2.